The second-order valence-electron chi connectivity index (χ2n) is 6.71. The summed E-state index contributed by atoms with van der Waals surface area (Å²) in [5.41, 5.74) is 3.76. The Labute approximate surface area is 166 Å². The van der Waals surface area contributed by atoms with Crippen molar-refractivity contribution < 1.29 is 4.21 Å². The van der Waals surface area contributed by atoms with E-state index in [1.54, 1.807) is 0 Å². The highest BCUT2D eigenvalue weighted by molar-refractivity contribution is 14.0. The van der Waals surface area contributed by atoms with Gasteiger partial charge in [-0.2, -0.15) is 0 Å². The number of benzene rings is 1. The Hall–Kier alpha value is -0.630. The first-order valence-corrected chi connectivity index (χ1v) is 9.52. The van der Waals surface area contributed by atoms with Gasteiger partial charge in [0.2, 0.25) is 0 Å². The molecule has 0 aliphatic heterocycles. The lowest BCUT2D eigenvalue weighted by atomic mass is 10.1. The Balaban J connectivity index is 0.00000529. The summed E-state index contributed by atoms with van der Waals surface area (Å²) in [6.07, 6.45) is 0. The van der Waals surface area contributed by atoms with Crippen LogP contribution in [-0.2, 0) is 17.3 Å². The Morgan fingerprint density at radius 3 is 2.42 bits per heavy atom. The first kappa shape index (κ1) is 23.4. The lowest BCUT2D eigenvalue weighted by molar-refractivity contribution is 0.647. The van der Waals surface area contributed by atoms with E-state index in [-0.39, 0.29) is 28.7 Å². The Morgan fingerprint density at radius 1 is 1.21 bits per heavy atom. The molecule has 4 nitrogen and oxygen atoms in total. The quantitative estimate of drug-likeness (QED) is 0.384. The average Bonchev–Trinajstić information content (AvgIpc) is 2.45. The maximum absolute atomic E-state index is 12.1. The van der Waals surface area contributed by atoms with Crippen LogP contribution in [0.5, 0.6) is 0 Å². The van der Waals surface area contributed by atoms with E-state index in [0.29, 0.717) is 18.8 Å². The minimum atomic E-state index is -0.849. The molecule has 138 valence electrons. The number of guanidine groups is 1. The molecule has 0 aromatic heterocycles. The van der Waals surface area contributed by atoms with Crippen molar-refractivity contribution in [2.24, 2.45) is 4.99 Å². The van der Waals surface area contributed by atoms with Crippen molar-refractivity contribution in [3.05, 3.63) is 34.9 Å². The van der Waals surface area contributed by atoms with Gasteiger partial charge in [-0.25, -0.2) is 4.99 Å². The van der Waals surface area contributed by atoms with Crippen LogP contribution in [-0.4, -0.2) is 33.8 Å². The Bertz CT molecular complexity index is 568. The highest BCUT2D eigenvalue weighted by Gasteiger charge is 2.18. The van der Waals surface area contributed by atoms with Crippen molar-refractivity contribution >= 4 is 40.7 Å². The van der Waals surface area contributed by atoms with Gasteiger partial charge in [-0.1, -0.05) is 23.8 Å². The average molecular weight is 465 g/mol. The van der Waals surface area contributed by atoms with Crippen molar-refractivity contribution in [3.8, 4) is 0 Å². The number of aryl methyl sites for hydroxylation is 2. The smallest absolute Gasteiger partial charge is 0.191 e. The van der Waals surface area contributed by atoms with Crippen molar-refractivity contribution in [1.29, 1.82) is 0 Å². The standard InChI is InChI=1S/C18H31N3OS.HI/c1-7-19-17(20-10-11-23(22)18(4,5)6)21-13-16-9-8-14(2)12-15(16)3;/h8-9,12H,7,10-11,13H2,1-6H3,(H2,19,20,21);1H. The summed E-state index contributed by atoms with van der Waals surface area (Å²) < 4.78 is 11.9. The van der Waals surface area contributed by atoms with Crippen LogP contribution in [0.25, 0.3) is 0 Å². The summed E-state index contributed by atoms with van der Waals surface area (Å²) >= 11 is 0. The molecule has 1 unspecified atom stereocenters. The van der Waals surface area contributed by atoms with Gasteiger partial charge >= 0.3 is 0 Å². The zero-order valence-corrected chi connectivity index (χ0v) is 18.9. The third kappa shape index (κ3) is 8.46. The number of hydrogen-bond acceptors (Lipinski definition) is 2. The number of rotatable bonds is 6. The summed E-state index contributed by atoms with van der Waals surface area (Å²) in [5, 5.41) is 6.51. The van der Waals surface area contributed by atoms with Gasteiger partial charge in [0, 0.05) is 34.4 Å². The zero-order valence-electron chi connectivity index (χ0n) is 15.7. The van der Waals surface area contributed by atoms with Crippen LogP contribution in [0.3, 0.4) is 0 Å². The molecule has 0 saturated heterocycles. The van der Waals surface area contributed by atoms with E-state index in [0.717, 1.165) is 12.5 Å². The van der Waals surface area contributed by atoms with Crippen LogP contribution in [0.15, 0.2) is 23.2 Å². The molecule has 0 saturated carbocycles. The molecule has 0 spiro atoms. The lowest BCUT2D eigenvalue weighted by Gasteiger charge is -2.18. The van der Waals surface area contributed by atoms with Crippen LogP contribution < -0.4 is 10.6 Å². The molecule has 0 fully saturated rings. The maximum atomic E-state index is 12.1. The largest absolute Gasteiger partial charge is 0.357 e. The minimum Gasteiger partial charge on any atom is -0.357 e. The van der Waals surface area contributed by atoms with E-state index in [9.17, 15) is 4.21 Å². The molecule has 0 amide bonds. The van der Waals surface area contributed by atoms with Gasteiger partial charge < -0.3 is 10.6 Å². The molecule has 0 radical (unpaired) electrons. The molecule has 0 bridgehead atoms. The maximum Gasteiger partial charge on any atom is 0.191 e. The highest BCUT2D eigenvalue weighted by atomic mass is 127. The predicted molar refractivity (Wildman–Crippen MR) is 117 cm³/mol. The fourth-order valence-electron chi connectivity index (χ4n) is 2.10. The summed E-state index contributed by atoms with van der Waals surface area (Å²) in [6.45, 7) is 14.4. The summed E-state index contributed by atoms with van der Waals surface area (Å²) in [6, 6.07) is 6.43. The van der Waals surface area contributed by atoms with Crippen molar-refractivity contribution in [1.82, 2.24) is 10.6 Å². The van der Waals surface area contributed by atoms with E-state index in [1.807, 2.05) is 27.7 Å². The van der Waals surface area contributed by atoms with Crippen LogP contribution in [0.1, 0.15) is 44.4 Å². The normalized spacial score (nSPS) is 13.2. The Morgan fingerprint density at radius 2 is 1.88 bits per heavy atom. The van der Waals surface area contributed by atoms with Crippen molar-refractivity contribution in [2.75, 3.05) is 18.8 Å². The molecule has 24 heavy (non-hydrogen) atoms. The molecule has 0 heterocycles. The summed E-state index contributed by atoms with van der Waals surface area (Å²) in [7, 11) is -0.849. The number of nitrogens with zero attached hydrogens (tertiary/aromatic N) is 1. The number of aliphatic imine (C=N–C) groups is 1. The minimum absolute atomic E-state index is 0. The fraction of sp³-hybridized carbons (Fsp3) is 0.611. The predicted octanol–water partition coefficient (Wildman–Crippen LogP) is 3.52. The van der Waals surface area contributed by atoms with Gasteiger partial charge in [0.25, 0.3) is 0 Å². The van der Waals surface area contributed by atoms with Gasteiger partial charge in [0.1, 0.15) is 0 Å². The molecular formula is C18H32IN3OS. The van der Waals surface area contributed by atoms with Gasteiger partial charge in [-0.05, 0) is 52.7 Å². The van der Waals surface area contributed by atoms with E-state index in [4.69, 9.17) is 0 Å². The van der Waals surface area contributed by atoms with E-state index in [1.165, 1.54) is 16.7 Å². The first-order chi connectivity index (χ1) is 10.7. The van der Waals surface area contributed by atoms with Gasteiger partial charge in [0.15, 0.2) is 5.96 Å². The molecule has 0 aliphatic carbocycles. The number of hydrogen-bond donors (Lipinski definition) is 2. The molecule has 1 rings (SSSR count). The third-order valence-corrected chi connectivity index (χ3v) is 5.45. The van der Waals surface area contributed by atoms with Gasteiger partial charge in [0.05, 0.1) is 6.54 Å². The highest BCUT2D eigenvalue weighted by Crippen LogP contribution is 2.12. The van der Waals surface area contributed by atoms with E-state index in [2.05, 4.69) is 47.7 Å². The molecule has 1 aromatic carbocycles. The fourth-order valence-corrected chi connectivity index (χ4v) is 3.00. The number of halogens is 1. The van der Waals surface area contributed by atoms with Crippen LogP contribution in [0.2, 0.25) is 0 Å². The van der Waals surface area contributed by atoms with Crippen LogP contribution in [0.4, 0.5) is 0 Å². The summed E-state index contributed by atoms with van der Waals surface area (Å²) in [4.78, 5) is 4.63. The molecule has 0 aliphatic rings. The topological polar surface area (TPSA) is 53.5 Å². The van der Waals surface area contributed by atoms with Gasteiger partial charge in [-0.3, -0.25) is 4.21 Å². The number of nitrogens with one attached hydrogen (secondary N) is 2. The monoisotopic (exact) mass is 465 g/mol. The zero-order chi connectivity index (χ0) is 17.5. The van der Waals surface area contributed by atoms with Gasteiger partial charge in [-0.15, -0.1) is 24.0 Å². The molecule has 2 N–H and O–H groups in total. The lowest BCUT2D eigenvalue weighted by Crippen LogP contribution is -2.40. The van der Waals surface area contributed by atoms with E-state index < -0.39 is 10.8 Å². The third-order valence-electron chi connectivity index (χ3n) is 3.51. The van der Waals surface area contributed by atoms with E-state index >= 15 is 0 Å². The van der Waals surface area contributed by atoms with Crippen LogP contribution in [0, 0.1) is 13.8 Å². The second-order valence-corrected chi connectivity index (χ2v) is 9.04. The van der Waals surface area contributed by atoms with Crippen molar-refractivity contribution in [3.63, 3.8) is 0 Å². The Kier molecular flexibility index (Phi) is 10.8. The molecule has 1 atom stereocenters. The van der Waals surface area contributed by atoms with Crippen LogP contribution >= 0.6 is 24.0 Å². The second kappa shape index (κ2) is 11.1. The first-order valence-electron chi connectivity index (χ1n) is 8.21. The van der Waals surface area contributed by atoms with Crippen molar-refractivity contribution in [2.45, 2.75) is 52.8 Å². The molecule has 1 aromatic rings. The molecule has 6 heteroatoms. The molecular weight excluding hydrogens is 433 g/mol. The SMILES string of the molecule is CCNC(=NCc1ccc(C)cc1C)NCCS(=O)C(C)(C)C.I. The summed E-state index contributed by atoms with van der Waals surface area (Å²) in [5.74, 6) is 1.40.